The summed E-state index contributed by atoms with van der Waals surface area (Å²) in [5.41, 5.74) is 0. The van der Waals surface area contributed by atoms with Gasteiger partial charge in [-0.15, -0.1) is 11.8 Å². The first-order valence-corrected chi connectivity index (χ1v) is 9.82. The zero-order chi connectivity index (χ0) is 10.2. The zero-order valence-corrected chi connectivity index (χ0v) is 11.1. The van der Waals surface area contributed by atoms with E-state index in [1.54, 1.807) is 20.6 Å². The van der Waals surface area contributed by atoms with Crippen LogP contribution in [0, 0.1) is 0 Å². The van der Waals surface area contributed by atoms with Crippen molar-refractivity contribution in [2.45, 2.75) is 10.5 Å². The summed E-state index contributed by atoms with van der Waals surface area (Å²) >= 11 is 6.45. The number of hydrogen-bond donors (Lipinski definition) is 1. The van der Waals surface area contributed by atoms with Crippen LogP contribution < -0.4 is 5.32 Å². The van der Waals surface area contributed by atoms with Crippen LogP contribution >= 0.6 is 11.8 Å². The topological polar surface area (TPSA) is 46.2 Å². The van der Waals surface area contributed by atoms with Crippen LogP contribution in [0.3, 0.4) is 0 Å². The Balaban J connectivity index is 2.50. The summed E-state index contributed by atoms with van der Waals surface area (Å²) in [6.07, 6.45) is 0.336. The van der Waals surface area contributed by atoms with Crippen LogP contribution in [0.4, 0.5) is 0 Å². The summed E-state index contributed by atoms with van der Waals surface area (Å²) in [5, 5.41) is 2.39. The molecule has 78 valence electrons. The van der Waals surface area contributed by atoms with E-state index in [0.717, 1.165) is 11.5 Å². The van der Waals surface area contributed by atoms with Crippen molar-refractivity contribution in [1.82, 2.24) is 5.32 Å². The molecular weight excluding hydrogens is 278 g/mol. The lowest BCUT2D eigenvalue weighted by Crippen LogP contribution is -2.36. The highest BCUT2D eigenvalue weighted by atomic mass is 33.2. The maximum Gasteiger partial charge on any atom is 0.253 e. The van der Waals surface area contributed by atoms with Gasteiger partial charge >= 0.3 is 0 Å². The van der Waals surface area contributed by atoms with Crippen LogP contribution in [0.15, 0.2) is 0 Å². The van der Waals surface area contributed by atoms with E-state index >= 15 is 0 Å². The lowest BCUT2D eigenvalue weighted by molar-refractivity contribution is -0.124. The fraction of sp³-hybridized carbons (Fsp3) is 0.667. The van der Waals surface area contributed by atoms with Crippen LogP contribution in [0.1, 0.15) is 6.42 Å². The van der Waals surface area contributed by atoms with Crippen molar-refractivity contribution in [3.05, 3.63) is 0 Å². The Labute approximate surface area is 98.4 Å². The van der Waals surface area contributed by atoms with Gasteiger partial charge in [0.05, 0.1) is 6.42 Å². The van der Waals surface area contributed by atoms with Gasteiger partial charge in [0.2, 0.25) is 5.91 Å². The van der Waals surface area contributed by atoms with Crippen molar-refractivity contribution < 1.29 is 9.59 Å². The summed E-state index contributed by atoms with van der Waals surface area (Å²) in [7, 11) is 2.73. The van der Waals surface area contributed by atoms with Gasteiger partial charge in [0.15, 0.2) is 4.08 Å². The van der Waals surface area contributed by atoms with Crippen LogP contribution in [-0.4, -0.2) is 27.4 Å². The van der Waals surface area contributed by atoms with E-state index in [4.69, 9.17) is 11.2 Å². The van der Waals surface area contributed by atoms with E-state index in [9.17, 15) is 9.59 Å². The Bertz CT molecular complexity index is 408. The van der Waals surface area contributed by atoms with Crippen LogP contribution in [0.2, 0.25) is 0 Å². The monoisotopic (exact) mass is 285 g/mol. The molecule has 2 fully saturated rings. The minimum absolute atomic E-state index is 0.106. The Morgan fingerprint density at radius 2 is 2.36 bits per heavy atom. The molecule has 2 amide bonds. The molecule has 0 aliphatic carbocycles. The maximum atomic E-state index is 11.7. The van der Waals surface area contributed by atoms with E-state index in [1.807, 2.05) is 0 Å². The molecule has 14 heavy (non-hydrogen) atoms. The van der Waals surface area contributed by atoms with E-state index in [2.05, 4.69) is 5.32 Å². The summed E-state index contributed by atoms with van der Waals surface area (Å²) < 4.78 is -0.492. The molecule has 0 radical (unpaired) electrons. The van der Waals surface area contributed by atoms with Gasteiger partial charge in [-0.2, -0.15) is 0 Å². The molecule has 3 nitrogen and oxygen atoms in total. The Hall–Kier alpha value is 0.500. The van der Waals surface area contributed by atoms with Gasteiger partial charge in [0.1, 0.15) is 0 Å². The molecule has 2 unspecified atom stereocenters. The standard InChI is InChI=1S/C6H7NO2S5/c8-4-3-6(5(9)7-4)11-1-2-14(6)13-12-10/h1-3H2,(H,7,8,9). The van der Waals surface area contributed by atoms with Gasteiger partial charge in [-0.1, -0.05) is 9.45 Å². The zero-order valence-electron chi connectivity index (χ0n) is 6.98. The maximum absolute atomic E-state index is 11.7. The first kappa shape index (κ1) is 11.0. The molecule has 2 rings (SSSR count). The molecule has 2 atom stereocenters. The highest BCUT2D eigenvalue weighted by Gasteiger charge is 2.52. The molecule has 0 aromatic carbocycles. The summed E-state index contributed by atoms with van der Waals surface area (Å²) in [6, 6.07) is 0. The van der Waals surface area contributed by atoms with Crippen molar-refractivity contribution in [2.24, 2.45) is 0 Å². The van der Waals surface area contributed by atoms with E-state index in [1.165, 1.54) is 8.88 Å². The lowest BCUT2D eigenvalue weighted by Gasteiger charge is -2.17. The largest absolute Gasteiger partial charge is 0.294 e. The number of rotatable bonds is 0. The number of hydrogen-bond acceptors (Lipinski definition) is 4. The highest BCUT2D eigenvalue weighted by molar-refractivity contribution is 8.60. The average Bonchev–Trinajstić information content (AvgIpc) is 2.61. The van der Waals surface area contributed by atoms with Crippen molar-refractivity contribution in [1.29, 1.82) is 0 Å². The van der Waals surface area contributed by atoms with Crippen molar-refractivity contribution in [3.8, 4) is 0 Å². The molecule has 0 aromatic heterocycles. The quantitative estimate of drug-likeness (QED) is 0.613. The number of carbonyl (C=O) groups is 2. The number of amides is 2. The summed E-state index contributed by atoms with van der Waals surface area (Å²) in [5.74, 6) is 1.69. The van der Waals surface area contributed by atoms with Crippen LogP contribution in [0.25, 0.3) is 0 Å². The number of carbonyl (C=O) groups excluding carboxylic acids is 2. The molecule has 1 N–H and O–H groups in total. The second-order valence-electron chi connectivity index (χ2n) is 2.84. The number of nitrogens with one attached hydrogen (secondary N) is 1. The van der Waals surface area contributed by atoms with Gasteiger partial charge in [0, 0.05) is 11.5 Å². The minimum Gasteiger partial charge on any atom is -0.294 e. The third kappa shape index (κ3) is 1.67. The molecular formula is C6H7NO2S5. The van der Waals surface area contributed by atoms with Crippen molar-refractivity contribution in [3.63, 3.8) is 0 Å². The molecule has 2 saturated heterocycles. The summed E-state index contributed by atoms with van der Waals surface area (Å²) in [4.78, 5) is 22.9. The predicted molar refractivity (Wildman–Crippen MR) is 67.3 cm³/mol. The molecule has 0 saturated carbocycles. The molecule has 2 aliphatic rings. The second kappa shape index (κ2) is 4.17. The third-order valence-electron chi connectivity index (χ3n) is 2.07. The molecule has 0 bridgehead atoms. The van der Waals surface area contributed by atoms with Gasteiger partial charge in [-0.05, 0) is 28.9 Å². The Morgan fingerprint density at radius 3 is 2.93 bits per heavy atom. The lowest BCUT2D eigenvalue weighted by atomic mass is 10.3. The SMILES string of the molecule is O=C1CC2(SCCS2=S=S=S)C(=O)N1. The number of imide groups is 1. The van der Waals surface area contributed by atoms with Gasteiger partial charge in [-0.3, -0.25) is 14.9 Å². The predicted octanol–water partition coefficient (Wildman–Crippen LogP) is -0.449. The van der Waals surface area contributed by atoms with Gasteiger partial charge in [0.25, 0.3) is 5.91 Å². The van der Waals surface area contributed by atoms with Gasteiger partial charge in [-0.25, -0.2) is 0 Å². The Kier molecular flexibility index (Phi) is 3.27. The molecule has 2 aliphatic heterocycles. The number of thioether (sulfide) groups is 1. The fourth-order valence-electron chi connectivity index (χ4n) is 1.49. The molecule has 8 heteroatoms. The van der Waals surface area contributed by atoms with Crippen LogP contribution in [-0.2, 0) is 48.0 Å². The molecule has 0 aromatic rings. The van der Waals surface area contributed by atoms with Crippen molar-refractivity contribution in [2.75, 3.05) is 11.5 Å². The smallest absolute Gasteiger partial charge is 0.253 e. The van der Waals surface area contributed by atoms with Crippen LogP contribution in [0.5, 0.6) is 0 Å². The van der Waals surface area contributed by atoms with E-state index < -0.39 is 4.08 Å². The Morgan fingerprint density at radius 1 is 1.57 bits per heavy atom. The fourth-order valence-corrected chi connectivity index (χ4v) is 12.3. The molecule has 1 spiro atoms. The van der Waals surface area contributed by atoms with E-state index in [0.29, 0.717) is 6.42 Å². The first-order chi connectivity index (χ1) is 6.69. The first-order valence-electron chi connectivity index (χ1n) is 3.85. The molecule has 2 heterocycles. The summed E-state index contributed by atoms with van der Waals surface area (Å²) in [6.45, 7) is 0. The second-order valence-corrected chi connectivity index (χ2v) is 11.0. The highest BCUT2D eigenvalue weighted by Crippen LogP contribution is 2.42. The van der Waals surface area contributed by atoms with Crippen molar-refractivity contribution >= 4 is 62.0 Å². The van der Waals surface area contributed by atoms with E-state index in [-0.39, 0.29) is 21.3 Å². The van der Waals surface area contributed by atoms with Gasteiger partial charge < -0.3 is 0 Å². The average molecular weight is 285 g/mol. The third-order valence-corrected chi connectivity index (χ3v) is 12.2. The normalized spacial score (nSPS) is 36.1. The minimum atomic E-state index is -0.492.